The second kappa shape index (κ2) is 41.9. The van der Waals surface area contributed by atoms with Crippen LogP contribution in [-0.2, 0) is 67.0 Å². The third-order valence-electron chi connectivity index (χ3n) is 21.0. The minimum Gasteiger partial charge on any atom is -0.466 e. The van der Waals surface area contributed by atoms with Crippen molar-refractivity contribution in [3.8, 4) is 0 Å². The zero-order valence-electron chi connectivity index (χ0n) is 59.6. The maximum Gasteiger partial charge on any atom is 0.310 e. The summed E-state index contributed by atoms with van der Waals surface area (Å²) in [5, 5.41) is 16.1. The van der Waals surface area contributed by atoms with Crippen molar-refractivity contribution in [1.29, 1.82) is 0 Å². The standard InChI is InChI=1S/C26H36Cl2N4O4.C25H38Cl2N4O3.C23H33Cl2N3O3/c1-2-36-26(35)20-5-3-4-6-22(20)30-11-13-31(14-12-30)25(34)23(32-10-9-29-17-24(32)33)15-18-7-8-19(27)16-21(18)28;1-3-34-25(33)20-6-4-5-7-23(20)30-12-14-31(15-13-30)24(32)22(29-11-10-28-2)16-18-8-9-19(26)17-21(18)27;1-3-31-23(30)18-6-4-5-7-21(18)27-10-12-28(13-11-27)22(29)20(26-2)14-16-8-9-17(24)15-19(16)25/h7-8,16,20,22-23,29H,2-6,9-15,17H2,1H3;8-9,17,20,22-23,28-29H,3-7,10-16H2,1-2H3;8-9,15,18,20-21,26H,3-7,10-14H2,1-2H3/t20-,22-,23-;20-,22?,23-;18-,20-,21-/m111/s1. The number of piperazine rings is 4. The van der Waals surface area contributed by atoms with Gasteiger partial charge in [-0.15, -0.1) is 0 Å². The molecule has 7 aliphatic rings. The summed E-state index contributed by atoms with van der Waals surface area (Å²) >= 11 is 37.2. The summed E-state index contributed by atoms with van der Waals surface area (Å²) in [4.78, 5) is 105. The number of benzene rings is 3. The lowest BCUT2D eigenvalue weighted by molar-refractivity contribution is -0.154. The SMILES string of the molecule is CCOC(=O)[C@@H]1CCCC[C@H]1N1CCN(C(=O)C(Cc2ccc(Cl)cc2Cl)NCCNC)CC1.CCOC(=O)[C@@H]1CCCC[C@H]1N1CCN(C(=O)[C@@H](Cc2ccc(Cl)cc2Cl)N2CCNCC2=O)CC1.CCOC(=O)[C@@H]1CCCC[C@H]1N1CCN(C(=O)[C@@H](Cc2ccc(Cl)cc2Cl)NC)CC1. The molecule has 0 aromatic heterocycles. The van der Waals surface area contributed by atoms with E-state index in [0.717, 1.165) is 126 Å². The zero-order valence-corrected chi connectivity index (χ0v) is 64.2. The Labute approximate surface area is 628 Å². The molecule has 0 spiro atoms. The molecule has 3 aromatic rings. The number of esters is 3. The van der Waals surface area contributed by atoms with Gasteiger partial charge >= 0.3 is 17.9 Å². The lowest BCUT2D eigenvalue weighted by Crippen LogP contribution is -2.61. The van der Waals surface area contributed by atoms with Crippen LogP contribution in [0.4, 0.5) is 0 Å². The normalized spacial score (nSPS) is 23.5. The molecule has 3 aromatic carbocycles. The van der Waals surface area contributed by atoms with E-state index in [1.165, 1.54) is 0 Å². The van der Waals surface area contributed by atoms with Crippen LogP contribution in [0.15, 0.2) is 54.6 Å². The molecule has 9 atom stereocenters. The van der Waals surface area contributed by atoms with Gasteiger partial charge in [-0.05, 0) is 139 Å². The summed E-state index contributed by atoms with van der Waals surface area (Å²) in [6.45, 7) is 17.9. The van der Waals surface area contributed by atoms with Crippen molar-refractivity contribution in [3.05, 3.63) is 101 Å². The lowest BCUT2D eigenvalue weighted by atomic mass is 9.83. The molecule has 4 heterocycles. The van der Waals surface area contributed by atoms with E-state index in [2.05, 4.69) is 36.0 Å². The Morgan fingerprint density at radius 1 is 0.465 bits per heavy atom. The highest BCUT2D eigenvalue weighted by Gasteiger charge is 2.43. The lowest BCUT2D eigenvalue weighted by Gasteiger charge is -2.44. The molecule has 0 bridgehead atoms. The summed E-state index contributed by atoms with van der Waals surface area (Å²) in [5.41, 5.74) is 2.60. The van der Waals surface area contributed by atoms with Crippen LogP contribution in [0.1, 0.15) is 115 Å². The van der Waals surface area contributed by atoms with Crippen molar-refractivity contribution >= 4 is 111 Å². The summed E-state index contributed by atoms with van der Waals surface area (Å²) < 4.78 is 16.0. The number of hydrogen-bond donors (Lipinski definition) is 4. The third kappa shape index (κ3) is 23.5. The molecule has 4 N–H and O–H groups in total. The van der Waals surface area contributed by atoms with Crippen LogP contribution in [0.25, 0.3) is 0 Å². The van der Waals surface area contributed by atoms with E-state index in [-0.39, 0.29) is 96.0 Å². The van der Waals surface area contributed by atoms with Gasteiger partial charge in [0.25, 0.3) is 0 Å². The molecule has 4 amide bonds. The Hall–Kier alpha value is -4.59. The predicted molar refractivity (Wildman–Crippen MR) is 399 cm³/mol. The van der Waals surface area contributed by atoms with Gasteiger partial charge in [0.1, 0.15) is 6.04 Å². The maximum atomic E-state index is 13.8. The molecule has 0 radical (unpaired) electrons. The first kappa shape index (κ1) is 82.1. The van der Waals surface area contributed by atoms with Gasteiger partial charge in [-0.1, -0.05) is 126 Å². The fourth-order valence-electron chi connectivity index (χ4n) is 15.6. The van der Waals surface area contributed by atoms with Gasteiger partial charge in [-0.2, -0.15) is 0 Å². The molecular formula is C74H107Cl6N11O10. The monoisotopic (exact) mass is 1520 g/mol. The molecule has 1 unspecified atom stereocenters. The number of ether oxygens (including phenoxy) is 3. The summed E-state index contributed by atoms with van der Waals surface area (Å²) in [6.07, 6.45) is 13.6. The van der Waals surface area contributed by atoms with E-state index >= 15 is 0 Å². The molecule has 560 valence electrons. The maximum absolute atomic E-state index is 13.8. The van der Waals surface area contributed by atoms with Crippen molar-refractivity contribution in [2.45, 2.75) is 153 Å². The van der Waals surface area contributed by atoms with Gasteiger partial charge in [-0.25, -0.2) is 0 Å². The van der Waals surface area contributed by atoms with Crippen molar-refractivity contribution in [3.63, 3.8) is 0 Å². The quantitative estimate of drug-likeness (QED) is 0.0374. The van der Waals surface area contributed by atoms with Crippen LogP contribution in [0, 0.1) is 17.8 Å². The smallest absolute Gasteiger partial charge is 0.310 e. The van der Waals surface area contributed by atoms with E-state index in [1.54, 1.807) is 48.3 Å². The number of halogens is 6. The van der Waals surface area contributed by atoms with Crippen LogP contribution >= 0.6 is 69.6 Å². The van der Waals surface area contributed by atoms with E-state index < -0.39 is 6.04 Å². The van der Waals surface area contributed by atoms with Gasteiger partial charge in [0.2, 0.25) is 23.6 Å². The van der Waals surface area contributed by atoms with E-state index in [4.69, 9.17) is 83.8 Å². The summed E-state index contributed by atoms with van der Waals surface area (Å²) in [6, 6.07) is 15.3. The van der Waals surface area contributed by atoms with Gasteiger partial charge in [0, 0.05) is 159 Å². The Morgan fingerprint density at radius 3 is 1.18 bits per heavy atom. The molecule has 4 aliphatic heterocycles. The van der Waals surface area contributed by atoms with Gasteiger partial charge in [-0.3, -0.25) is 48.3 Å². The molecule has 101 heavy (non-hydrogen) atoms. The highest BCUT2D eigenvalue weighted by atomic mass is 35.5. The van der Waals surface area contributed by atoms with Crippen LogP contribution in [-0.4, -0.2) is 257 Å². The van der Waals surface area contributed by atoms with E-state index in [9.17, 15) is 33.6 Å². The fraction of sp³-hybridized carbons (Fsp3) is 0.662. The van der Waals surface area contributed by atoms with Gasteiger partial charge in [0.05, 0.1) is 56.2 Å². The first-order chi connectivity index (χ1) is 48.8. The molecule has 4 saturated heterocycles. The molecule has 3 saturated carbocycles. The van der Waals surface area contributed by atoms with Crippen LogP contribution in [0.2, 0.25) is 30.1 Å². The average Bonchev–Trinajstić information content (AvgIpc) is 0.810. The number of carbonyl (C=O) groups excluding carboxylic acids is 7. The topological polar surface area (TPSA) is 218 Å². The summed E-state index contributed by atoms with van der Waals surface area (Å²) in [5.74, 6) is -0.403. The first-order valence-corrected chi connectivity index (χ1v) is 39.0. The minimum atomic E-state index is -0.619. The molecular weight excluding hydrogens is 1420 g/mol. The number of nitrogens with zero attached hydrogens (tertiary/aromatic N) is 7. The van der Waals surface area contributed by atoms with Gasteiger partial charge in [0.15, 0.2) is 0 Å². The Balaban J connectivity index is 0.000000193. The molecule has 10 rings (SSSR count). The van der Waals surface area contributed by atoms with Crippen molar-refractivity contribution in [1.82, 2.24) is 55.6 Å². The van der Waals surface area contributed by atoms with E-state index in [1.807, 2.05) is 60.7 Å². The highest BCUT2D eigenvalue weighted by Crippen LogP contribution is 2.35. The third-order valence-corrected chi connectivity index (χ3v) is 22.8. The Morgan fingerprint density at radius 2 is 0.822 bits per heavy atom. The van der Waals surface area contributed by atoms with Crippen molar-refractivity contribution in [2.75, 3.05) is 145 Å². The second-order valence-corrected chi connectivity index (χ2v) is 29.8. The highest BCUT2D eigenvalue weighted by molar-refractivity contribution is 6.36. The predicted octanol–water partition coefficient (Wildman–Crippen LogP) is 8.97. The average molecular weight is 1520 g/mol. The summed E-state index contributed by atoms with van der Waals surface area (Å²) in [7, 11) is 3.69. The number of likely N-dealkylation sites (N-methyl/N-ethyl adjacent to an activating group) is 2. The number of carbonyl (C=O) groups is 7. The number of nitrogens with one attached hydrogen (secondary N) is 4. The minimum absolute atomic E-state index is 0.0481. The molecule has 3 aliphatic carbocycles. The number of rotatable bonds is 24. The largest absolute Gasteiger partial charge is 0.466 e. The molecule has 27 heteroatoms. The Kier molecular flexibility index (Phi) is 34.1. The van der Waals surface area contributed by atoms with Crippen LogP contribution < -0.4 is 21.3 Å². The van der Waals surface area contributed by atoms with Crippen molar-refractivity contribution < 1.29 is 47.8 Å². The van der Waals surface area contributed by atoms with Crippen molar-refractivity contribution in [2.24, 2.45) is 17.8 Å². The molecule has 7 fully saturated rings. The van der Waals surface area contributed by atoms with Gasteiger partial charge < -0.3 is 55.1 Å². The first-order valence-electron chi connectivity index (χ1n) is 36.7. The zero-order chi connectivity index (χ0) is 72.5. The fourth-order valence-corrected chi connectivity index (χ4v) is 17.1. The van der Waals surface area contributed by atoms with Crippen LogP contribution in [0.5, 0.6) is 0 Å². The number of hydrogen-bond acceptors (Lipinski definition) is 17. The van der Waals surface area contributed by atoms with Crippen LogP contribution in [0.3, 0.4) is 0 Å². The van der Waals surface area contributed by atoms with E-state index in [0.29, 0.717) is 141 Å². The number of amides is 4. The Bertz CT molecular complexity index is 3190. The molecule has 21 nitrogen and oxygen atoms in total. The second-order valence-electron chi connectivity index (χ2n) is 27.3.